The maximum absolute atomic E-state index is 12.5. The fourth-order valence-electron chi connectivity index (χ4n) is 3.36. The van der Waals surface area contributed by atoms with E-state index < -0.39 is 0 Å². The molecule has 0 spiro atoms. The predicted octanol–water partition coefficient (Wildman–Crippen LogP) is 1.07. The fourth-order valence-corrected chi connectivity index (χ4v) is 3.36. The average molecular weight is 390 g/mol. The molecule has 2 amide bonds. The third-order valence-electron chi connectivity index (χ3n) is 4.98. The van der Waals surface area contributed by atoms with Gasteiger partial charge in [-0.3, -0.25) is 0 Å². The van der Waals surface area contributed by atoms with Crippen molar-refractivity contribution in [2.75, 3.05) is 38.7 Å². The lowest BCUT2D eigenvalue weighted by Gasteiger charge is -2.30. The molecule has 7 heteroatoms. The van der Waals surface area contributed by atoms with E-state index in [4.69, 9.17) is 4.74 Å². The molecule has 7 nitrogen and oxygen atoms in total. The lowest BCUT2D eigenvalue weighted by atomic mass is 10.00. The number of likely N-dealkylation sites (N-methyl/N-ethyl adjacent to an activating group) is 1. The Morgan fingerprint density at radius 3 is 2.36 bits per heavy atom. The molecule has 28 heavy (non-hydrogen) atoms. The summed E-state index contributed by atoms with van der Waals surface area (Å²) in [6.07, 6.45) is 0.637. The summed E-state index contributed by atoms with van der Waals surface area (Å²) >= 11 is 0. The molecule has 1 aromatic rings. The Morgan fingerprint density at radius 1 is 1.14 bits per heavy atom. The number of esters is 1. The van der Waals surface area contributed by atoms with E-state index in [-0.39, 0.29) is 18.0 Å². The van der Waals surface area contributed by atoms with Crippen LogP contribution >= 0.6 is 0 Å². The number of anilines is 1. The Hall–Kier alpha value is -2.54. The van der Waals surface area contributed by atoms with Gasteiger partial charge in [-0.1, -0.05) is 19.1 Å². The van der Waals surface area contributed by atoms with Crippen LogP contribution in [-0.4, -0.2) is 51.8 Å². The summed E-state index contributed by atoms with van der Waals surface area (Å²) in [5.41, 5.74) is 3.58. The van der Waals surface area contributed by atoms with Gasteiger partial charge in [0.05, 0.1) is 30.5 Å². The molecular weight excluding hydrogens is 356 g/mol. The maximum Gasteiger partial charge on any atom is 0.338 e. The van der Waals surface area contributed by atoms with Crippen molar-refractivity contribution in [1.29, 1.82) is 0 Å². The van der Waals surface area contributed by atoms with E-state index in [1.807, 2.05) is 21.0 Å². The van der Waals surface area contributed by atoms with Crippen molar-refractivity contribution in [3.8, 4) is 0 Å². The number of rotatable bonds is 9. The van der Waals surface area contributed by atoms with Crippen LogP contribution in [0.2, 0.25) is 0 Å². The monoisotopic (exact) mass is 389 g/mol. The third kappa shape index (κ3) is 5.48. The Balaban J connectivity index is 2.22. The maximum atomic E-state index is 12.5. The van der Waals surface area contributed by atoms with Gasteiger partial charge in [-0.2, -0.15) is 0 Å². The van der Waals surface area contributed by atoms with Crippen molar-refractivity contribution < 1.29 is 19.2 Å². The quantitative estimate of drug-likeness (QED) is 0.552. The number of hydrogen-bond donors (Lipinski definition) is 3. The molecule has 1 aliphatic heterocycles. The van der Waals surface area contributed by atoms with E-state index >= 15 is 0 Å². The summed E-state index contributed by atoms with van der Waals surface area (Å²) in [5, 5.41) is 5.67. The van der Waals surface area contributed by atoms with Gasteiger partial charge < -0.3 is 25.2 Å². The largest absolute Gasteiger partial charge is 0.463 e. The van der Waals surface area contributed by atoms with E-state index in [0.29, 0.717) is 30.8 Å². The van der Waals surface area contributed by atoms with Crippen LogP contribution in [0.1, 0.15) is 32.8 Å². The molecule has 0 saturated heterocycles. The number of amides is 2. The van der Waals surface area contributed by atoms with Crippen LogP contribution in [0.25, 0.3) is 0 Å². The highest BCUT2D eigenvalue weighted by Gasteiger charge is 2.33. The molecule has 1 unspecified atom stereocenters. The topological polar surface area (TPSA) is 75.1 Å². The van der Waals surface area contributed by atoms with Crippen LogP contribution in [-0.2, 0) is 16.1 Å². The predicted molar refractivity (Wildman–Crippen MR) is 110 cm³/mol. The van der Waals surface area contributed by atoms with Crippen LogP contribution in [0, 0.1) is 0 Å². The van der Waals surface area contributed by atoms with E-state index in [2.05, 4.69) is 46.7 Å². The second-order valence-electron chi connectivity index (χ2n) is 7.19. The number of ether oxygens (including phenoxy) is 1. The van der Waals surface area contributed by atoms with E-state index in [1.54, 1.807) is 6.92 Å². The van der Waals surface area contributed by atoms with Crippen LogP contribution in [0.4, 0.5) is 10.5 Å². The first kappa shape index (κ1) is 21.8. The van der Waals surface area contributed by atoms with Gasteiger partial charge >= 0.3 is 12.0 Å². The Bertz CT molecular complexity index is 713. The zero-order valence-electron chi connectivity index (χ0n) is 17.6. The highest BCUT2D eigenvalue weighted by atomic mass is 16.5. The first-order valence-corrected chi connectivity index (χ1v) is 9.97. The molecule has 2 atom stereocenters. The smallest absolute Gasteiger partial charge is 0.338 e. The van der Waals surface area contributed by atoms with Crippen molar-refractivity contribution in [1.82, 2.24) is 10.6 Å². The zero-order valence-corrected chi connectivity index (χ0v) is 17.6. The Morgan fingerprint density at radius 2 is 1.82 bits per heavy atom. The summed E-state index contributed by atoms with van der Waals surface area (Å²) < 4.78 is 5.25. The number of urea groups is 1. The summed E-state index contributed by atoms with van der Waals surface area (Å²) in [5.74, 6) is -0.359. The first-order chi connectivity index (χ1) is 13.4. The zero-order chi connectivity index (χ0) is 20.7. The molecule has 1 aromatic carbocycles. The number of nitrogens with zero attached hydrogens (tertiary/aromatic N) is 1. The Labute approximate surface area is 167 Å². The van der Waals surface area contributed by atoms with Crippen LogP contribution in [0.3, 0.4) is 0 Å². The molecule has 0 aromatic heterocycles. The van der Waals surface area contributed by atoms with Gasteiger partial charge in [-0.15, -0.1) is 0 Å². The molecule has 0 aliphatic carbocycles. The van der Waals surface area contributed by atoms with Crippen molar-refractivity contribution in [2.24, 2.45) is 0 Å². The minimum absolute atomic E-state index is 0.263. The van der Waals surface area contributed by atoms with Gasteiger partial charge in [0.1, 0.15) is 13.1 Å². The molecule has 2 rings (SSSR count). The highest BCUT2D eigenvalue weighted by molar-refractivity contribution is 5.94. The van der Waals surface area contributed by atoms with Crippen molar-refractivity contribution in [3.63, 3.8) is 0 Å². The summed E-state index contributed by atoms with van der Waals surface area (Å²) in [6, 6.07) is 7.88. The molecule has 154 valence electrons. The normalized spacial score (nSPS) is 17.6. The number of carbonyl (C=O) groups excluding carboxylic acids is 2. The molecule has 0 bridgehead atoms. The van der Waals surface area contributed by atoms with Crippen molar-refractivity contribution in [3.05, 3.63) is 41.1 Å². The number of nitrogens with one attached hydrogen (secondary N) is 3. The standard InChI is InChI=1S/C21H32N4O3/c1-6-17-19(20(26)28-8-3)18(23-21(27)22-17)14-25(7-2)13-15-9-11-16(12-10-15)24(4)5/h9-12,17H,6-8,13-14H2,1-5H3,(H2,22,23,27)/p+1/t17-/m0/s1. The number of carbonyl (C=O) groups is 2. The molecule has 1 aliphatic rings. The second-order valence-corrected chi connectivity index (χ2v) is 7.19. The van der Waals surface area contributed by atoms with Gasteiger partial charge in [0.15, 0.2) is 0 Å². The molecule has 0 saturated carbocycles. The SMILES string of the molecule is CCOC(=O)C1=C(C[NH+](CC)Cc2ccc(N(C)C)cc2)NC(=O)N[C@H]1CC. The fraction of sp³-hybridized carbons (Fsp3) is 0.524. The molecule has 3 N–H and O–H groups in total. The number of hydrogen-bond acceptors (Lipinski definition) is 4. The van der Waals surface area contributed by atoms with Crippen LogP contribution in [0.15, 0.2) is 35.5 Å². The third-order valence-corrected chi connectivity index (χ3v) is 4.98. The molecule has 0 fully saturated rings. The van der Waals surface area contributed by atoms with Gasteiger partial charge in [-0.25, -0.2) is 9.59 Å². The number of benzene rings is 1. The van der Waals surface area contributed by atoms with Gasteiger partial charge in [0.25, 0.3) is 0 Å². The molecule has 0 radical (unpaired) electrons. The van der Waals surface area contributed by atoms with E-state index in [1.165, 1.54) is 10.5 Å². The lowest BCUT2D eigenvalue weighted by molar-refractivity contribution is -0.907. The lowest BCUT2D eigenvalue weighted by Crippen LogP contribution is -3.10. The minimum Gasteiger partial charge on any atom is -0.463 e. The molecular formula is C21H33N4O3+. The van der Waals surface area contributed by atoms with Crippen molar-refractivity contribution >= 4 is 17.7 Å². The first-order valence-electron chi connectivity index (χ1n) is 9.97. The highest BCUT2D eigenvalue weighted by Crippen LogP contribution is 2.16. The summed E-state index contributed by atoms with van der Waals surface area (Å²) in [6.45, 7) is 8.39. The second kappa shape index (κ2) is 10.1. The van der Waals surface area contributed by atoms with Gasteiger partial charge in [0.2, 0.25) is 0 Å². The van der Waals surface area contributed by atoms with Crippen LogP contribution in [0.5, 0.6) is 0 Å². The van der Waals surface area contributed by atoms with Gasteiger partial charge in [-0.05, 0) is 32.4 Å². The van der Waals surface area contributed by atoms with Crippen molar-refractivity contribution in [2.45, 2.75) is 39.8 Å². The molecule has 1 heterocycles. The summed E-state index contributed by atoms with van der Waals surface area (Å²) in [4.78, 5) is 27.9. The minimum atomic E-state index is -0.359. The Kier molecular flexibility index (Phi) is 7.87. The summed E-state index contributed by atoms with van der Waals surface area (Å²) in [7, 11) is 4.04. The average Bonchev–Trinajstić information content (AvgIpc) is 2.67. The van der Waals surface area contributed by atoms with Gasteiger partial charge in [0, 0.05) is 25.3 Å². The van der Waals surface area contributed by atoms with E-state index in [9.17, 15) is 9.59 Å². The number of quaternary nitrogens is 1. The van der Waals surface area contributed by atoms with E-state index in [0.717, 1.165) is 18.8 Å². The van der Waals surface area contributed by atoms with Crippen LogP contribution < -0.4 is 20.4 Å².